The molecule has 9 nitrogen and oxygen atoms in total. The molecule has 0 saturated carbocycles. The predicted octanol–water partition coefficient (Wildman–Crippen LogP) is 5.34. The van der Waals surface area contributed by atoms with Gasteiger partial charge in [0.1, 0.15) is 5.02 Å². The number of amides is 2. The van der Waals surface area contributed by atoms with Crippen molar-refractivity contribution in [3.8, 4) is 16.2 Å². The van der Waals surface area contributed by atoms with Crippen molar-refractivity contribution in [1.29, 1.82) is 0 Å². The summed E-state index contributed by atoms with van der Waals surface area (Å²) < 4.78 is 5.16. The number of thiophene rings is 1. The number of carbonyl (C=O) groups is 3. The van der Waals surface area contributed by atoms with Crippen molar-refractivity contribution in [2.75, 3.05) is 30.3 Å². The van der Waals surface area contributed by atoms with Crippen molar-refractivity contribution < 1.29 is 29.3 Å². The van der Waals surface area contributed by atoms with Crippen molar-refractivity contribution in [2.24, 2.45) is 0 Å². The molecular weight excluding hydrogens is 506 g/mol. The fraction of sp³-hybridized carbons (Fsp3) is 0.240. The van der Waals surface area contributed by atoms with Gasteiger partial charge in [0.15, 0.2) is 17.2 Å². The molecule has 36 heavy (non-hydrogen) atoms. The lowest BCUT2D eigenvalue weighted by atomic mass is 10.0. The Bertz CT molecular complexity index is 1260. The van der Waals surface area contributed by atoms with Crippen LogP contribution in [0.4, 0.5) is 16.2 Å². The summed E-state index contributed by atoms with van der Waals surface area (Å²) in [6.45, 7) is 0.526. The van der Waals surface area contributed by atoms with Crippen LogP contribution in [-0.4, -0.2) is 58.8 Å². The predicted molar refractivity (Wildman–Crippen MR) is 139 cm³/mol. The molecule has 2 heterocycles. The smallest absolute Gasteiger partial charge is 0.349 e. The van der Waals surface area contributed by atoms with E-state index in [0.29, 0.717) is 23.5 Å². The SMILES string of the molecule is O=C(O)COc1c(C(=O)O)sc(-c2cccc(NC3CCN(C(=O)Nc4ccccc4)CC3)c2)c1Cl. The Morgan fingerprint density at radius 2 is 1.72 bits per heavy atom. The number of ether oxygens (including phenoxy) is 1. The maximum Gasteiger partial charge on any atom is 0.349 e. The lowest BCUT2D eigenvalue weighted by molar-refractivity contribution is -0.139. The second-order valence-electron chi connectivity index (χ2n) is 8.17. The van der Waals surface area contributed by atoms with E-state index in [1.165, 1.54) is 0 Å². The van der Waals surface area contributed by atoms with E-state index in [0.717, 1.165) is 35.6 Å². The number of para-hydroxylation sites is 1. The lowest BCUT2D eigenvalue weighted by Crippen LogP contribution is -2.44. The number of urea groups is 1. The van der Waals surface area contributed by atoms with E-state index in [1.807, 2.05) is 48.5 Å². The highest BCUT2D eigenvalue weighted by Gasteiger charge is 2.26. The van der Waals surface area contributed by atoms with Crippen LogP contribution in [0.25, 0.3) is 10.4 Å². The molecule has 1 aliphatic heterocycles. The van der Waals surface area contributed by atoms with Gasteiger partial charge < -0.3 is 30.5 Å². The van der Waals surface area contributed by atoms with Crippen LogP contribution in [0.3, 0.4) is 0 Å². The molecule has 1 fully saturated rings. The number of carboxylic acids is 2. The molecule has 0 unspecified atom stereocenters. The number of rotatable bonds is 8. The van der Waals surface area contributed by atoms with Crippen molar-refractivity contribution in [1.82, 2.24) is 4.90 Å². The molecule has 1 saturated heterocycles. The average Bonchev–Trinajstić information content (AvgIpc) is 3.20. The van der Waals surface area contributed by atoms with Crippen molar-refractivity contribution >= 4 is 52.3 Å². The third-order valence-electron chi connectivity index (χ3n) is 5.65. The number of hydrogen-bond acceptors (Lipinski definition) is 6. The molecule has 0 radical (unpaired) electrons. The number of anilines is 2. The maximum atomic E-state index is 12.5. The Balaban J connectivity index is 1.41. The van der Waals surface area contributed by atoms with Gasteiger partial charge >= 0.3 is 18.0 Å². The second kappa shape index (κ2) is 11.3. The third kappa shape index (κ3) is 6.07. The summed E-state index contributed by atoms with van der Waals surface area (Å²) in [5, 5.41) is 24.8. The van der Waals surface area contributed by atoms with Crippen LogP contribution in [0.15, 0.2) is 54.6 Å². The molecule has 0 bridgehead atoms. The van der Waals surface area contributed by atoms with Gasteiger partial charge in [-0.2, -0.15) is 0 Å². The fourth-order valence-corrected chi connectivity index (χ4v) is 5.32. The summed E-state index contributed by atoms with van der Waals surface area (Å²) in [5.41, 5.74) is 2.27. The second-order valence-corrected chi connectivity index (χ2v) is 9.57. The molecule has 1 aliphatic rings. The number of aromatic carboxylic acids is 1. The highest BCUT2D eigenvalue weighted by atomic mass is 35.5. The first kappa shape index (κ1) is 25.3. The Kier molecular flexibility index (Phi) is 7.97. The molecule has 3 aromatic rings. The quantitative estimate of drug-likeness (QED) is 0.310. The molecule has 0 aliphatic carbocycles. The molecule has 0 atom stereocenters. The van der Waals surface area contributed by atoms with Crippen LogP contribution in [0, 0.1) is 0 Å². The van der Waals surface area contributed by atoms with Crippen molar-refractivity contribution in [2.45, 2.75) is 18.9 Å². The van der Waals surface area contributed by atoms with Gasteiger partial charge in [0, 0.05) is 30.5 Å². The molecule has 1 aromatic heterocycles. The van der Waals surface area contributed by atoms with E-state index in [9.17, 15) is 19.5 Å². The van der Waals surface area contributed by atoms with Crippen LogP contribution in [0.2, 0.25) is 5.02 Å². The summed E-state index contributed by atoms with van der Waals surface area (Å²) >= 11 is 7.33. The number of likely N-dealkylation sites (tertiary alicyclic amines) is 1. The summed E-state index contributed by atoms with van der Waals surface area (Å²) in [4.78, 5) is 37.2. The fourth-order valence-electron chi connectivity index (χ4n) is 3.92. The first-order valence-electron chi connectivity index (χ1n) is 11.2. The van der Waals surface area contributed by atoms with Gasteiger partial charge in [-0.15, -0.1) is 11.3 Å². The average molecular weight is 530 g/mol. The monoisotopic (exact) mass is 529 g/mol. The van der Waals surface area contributed by atoms with Gasteiger partial charge in [-0.3, -0.25) is 0 Å². The van der Waals surface area contributed by atoms with Crippen molar-refractivity contribution in [3.63, 3.8) is 0 Å². The Morgan fingerprint density at radius 1 is 1.03 bits per heavy atom. The summed E-state index contributed by atoms with van der Waals surface area (Å²) in [6, 6.07) is 16.8. The highest BCUT2D eigenvalue weighted by Crippen LogP contribution is 2.46. The zero-order chi connectivity index (χ0) is 25.7. The van der Waals surface area contributed by atoms with E-state index in [1.54, 1.807) is 11.0 Å². The number of carboxylic acid groups (broad SMARTS) is 2. The molecule has 2 amide bonds. The Labute approximate surface area is 216 Å². The minimum absolute atomic E-state index is 0.0635. The first-order valence-corrected chi connectivity index (χ1v) is 12.4. The molecule has 188 valence electrons. The van der Waals surface area contributed by atoms with Crippen LogP contribution in [-0.2, 0) is 4.79 Å². The molecule has 2 aromatic carbocycles. The molecule has 4 N–H and O–H groups in total. The normalized spacial score (nSPS) is 13.8. The number of aliphatic carboxylic acids is 1. The molecule has 4 rings (SSSR count). The van der Waals surface area contributed by atoms with E-state index in [-0.39, 0.29) is 27.7 Å². The third-order valence-corrected chi connectivity index (χ3v) is 7.33. The Hall–Kier alpha value is -3.76. The van der Waals surface area contributed by atoms with Gasteiger partial charge in [0.05, 0.1) is 4.88 Å². The number of piperidine rings is 1. The van der Waals surface area contributed by atoms with E-state index in [4.69, 9.17) is 21.4 Å². The van der Waals surface area contributed by atoms with Gasteiger partial charge in [-0.05, 0) is 42.7 Å². The minimum atomic E-state index is -1.24. The van der Waals surface area contributed by atoms with E-state index in [2.05, 4.69) is 10.6 Å². The largest absolute Gasteiger partial charge is 0.479 e. The summed E-state index contributed by atoms with van der Waals surface area (Å²) in [5.74, 6) is -2.62. The van der Waals surface area contributed by atoms with Gasteiger partial charge in [0.2, 0.25) is 0 Å². The van der Waals surface area contributed by atoms with Crippen LogP contribution in [0.5, 0.6) is 5.75 Å². The van der Waals surface area contributed by atoms with Crippen molar-refractivity contribution in [3.05, 3.63) is 64.5 Å². The number of nitrogens with one attached hydrogen (secondary N) is 2. The van der Waals surface area contributed by atoms with Crippen LogP contribution < -0.4 is 15.4 Å². The lowest BCUT2D eigenvalue weighted by Gasteiger charge is -2.33. The highest BCUT2D eigenvalue weighted by molar-refractivity contribution is 7.18. The number of hydrogen-bond donors (Lipinski definition) is 4. The van der Waals surface area contributed by atoms with E-state index >= 15 is 0 Å². The summed E-state index contributed by atoms with van der Waals surface area (Å²) in [7, 11) is 0. The standard InChI is InChI=1S/C25H24ClN3O6S/c26-20-21(35-14-19(30)31)23(24(32)33)36-22(20)15-5-4-8-18(13-15)27-17-9-11-29(12-10-17)25(34)28-16-6-2-1-3-7-16/h1-8,13,17,27H,9-12,14H2,(H,28,34)(H,30,31)(H,32,33). The van der Waals surface area contributed by atoms with Gasteiger partial charge in [-0.25, -0.2) is 14.4 Å². The zero-order valence-corrected chi connectivity index (χ0v) is 20.6. The zero-order valence-electron chi connectivity index (χ0n) is 19.1. The minimum Gasteiger partial charge on any atom is -0.479 e. The van der Waals surface area contributed by atoms with Crippen LogP contribution >= 0.6 is 22.9 Å². The van der Waals surface area contributed by atoms with E-state index < -0.39 is 18.5 Å². The van der Waals surface area contributed by atoms with Crippen LogP contribution in [0.1, 0.15) is 22.5 Å². The Morgan fingerprint density at radius 3 is 2.39 bits per heavy atom. The topological polar surface area (TPSA) is 128 Å². The molecule has 0 spiro atoms. The summed E-state index contributed by atoms with van der Waals surface area (Å²) in [6.07, 6.45) is 1.53. The number of carbonyl (C=O) groups excluding carboxylic acids is 1. The number of nitrogens with zero attached hydrogens (tertiary/aromatic N) is 1. The molecular formula is C25H24ClN3O6S. The van der Waals surface area contributed by atoms with Gasteiger partial charge in [0.25, 0.3) is 0 Å². The maximum absolute atomic E-state index is 12.5. The number of halogens is 1. The van der Waals surface area contributed by atoms with Gasteiger partial charge in [-0.1, -0.05) is 41.9 Å². The molecule has 11 heteroatoms. The number of benzene rings is 2. The first-order chi connectivity index (χ1) is 17.3.